The van der Waals surface area contributed by atoms with Gasteiger partial charge in [0.1, 0.15) is 0 Å². The molecule has 4 aromatic rings. The van der Waals surface area contributed by atoms with Crippen molar-refractivity contribution in [2.45, 2.75) is 30.7 Å². The number of hydrogen-bond acceptors (Lipinski definition) is 5. The van der Waals surface area contributed by atoms with Crippen LogP contribution < -0.4 is 0 Å². The maximum Gasteiger partial charge on any atom is 0.196 e. The number of para-hydroxylation sites is 1. The zero-order valence-corrected chi connectivity index (χ0v) is 17.7. The fourth-order valence-electron chi connectivity index (χ4n) is 3.32. The smallest absolute Gasteiger partial charge is 0.196 e. The topological polar surface area (TPSA) is 67.4 Å². The molecule has 0 radical (unpaired) electrons. The van der Waals surface area contributed by atoms with Crippen molar-refractivity contribution in [3.8, 4) is 23.1 Å². The van der Waals surface area contributed by atoms with Crippen LogP contribution >= 0.6 is 11.8 Å². The van der Waals surface area contributed by atoms with E-state index in [-0.39, 0.29) is 0 Å². The average molecular weight is 412 g/mol. The lowest BCUT2D eigenvalue weighted by atomic mass is 10.0. The van der Waals surface area contributed by atoms with E-state index in [0.717, 1.165) is 27.8 Å². The van der Waals surface area contributed by atoms with Gasteiger partial charge in [0.05, 0.1) is 17.3 Å². The Labute approximate surface area is 180 Å². The van der Waals surface area contributed by atoms with Gasteiger partial charge in [0.15, 0.2) is 11.0 Å². The molecule has 0 bridgehead atoms. The number of thioether (sulfide) groups is 1. The van der Waals surface area contributed by atoms with E-state index in [0.29, 0.717) is 17.2 Å². The standard InChI is InChI=1S/C24H21N5S/c1-17(2)21-10-3-4-11-22(21)29-23(20-9-6-12-26-15-20)27-28-24(29)30-16-19-8-5-7-18(13-19)14-25/h3-13,15,17H,16H2,1-2H3. The minimum absolute atomic E-state index is 0.357. The molecule has 0 aliphatic rings. The number of benzene rings is 2. The molecule has 148 valence electrons. The molecule has 2 heterocycles. The minimum atomic E-state index is 0.357. The molecule has 0 amide bonds. The molecule has 2 aromatic heterocycles. The van der Waals surface area contributed by atoms with Gasteiger partial charge in [0.25, 0.3) is 0 Å². The lowest BCUT2D eigenvalue weighted by Crippen LogP contribution is -2.05. The molecular weight excluding hydrogens is 390 g/mol. The molecule has 0 unspecified atom stereocenters. The highest BCUT2D eigenvalue weighted by molar-refractivity contribution is 7.98. The lowest BCUT2D eigenvalue weighted by molar-refractivity contribution is 0.818. The first-order chi connectivity index (χ1) is 14.7. The van der Waals surface area contributed by atoms with Crippen molar-refractivity contribution >= 4 is 11.8 Å². The first-order valence-electron chi connectivity index (χ1n) is 9.74. The summed E-state index contributed by atoms with van der Waals surface area (Å²) in [5, 5.41) is 19.0. The Morgan fingerprint density at radius 3 is 2.67 bits per heavy atom. The van der Waals surface area contributed by atoms with E-state index >= 15 is 0 Å². The summed E-state index contributed by atoms with van der Waals surface area (Å²) in [4.78, 5) is 4.26. The second-order valence-corrected chi connectivity index (χ2v) is 8.14. The van der Waals surface area contributed by atoms with E-state index in [9.17, 15) is 0 Å². The van der Waals surface area contributed by atoms with Gasteiger partial charge >= 0.3 is 0 Å². The summed E-state index contributed by atoms with van der Waals surface area (Å²) < 4.78 is 2.12. The van der Waals surface area contributed by atoms with Crippen LogP contribution in [0.1, 0.15) is 36.5 Å². The molecule has 5 nitrogen and oxygen atoms in total. The van der Waals surface area contributed by atoms with Crippen LogP contribution in [0.25, 0.3) is 17.1 Å². The van der Waals surface area contributed by atoms with E-state index in [1.807, 2.05) is 48.7 Å². The van der Waals surface area contributed by atoms with Crippen LogP contribution in [0.15, 0.2) is 78.2 Å². The summed E-state index contributed by atoms with van der Waals surface area (Å²) in [5.74, 6) is 1.82. The predicted octanol–water partition coefficient (Wildman–Crippen LogP) is 5.62. The molecule has 30 heavy (non-hydrogen) atoms. The zero-order chi connectivity index (χ0) is 20.9. The number of rotatable bonds is 6. The number of aromatic nitrogens is 4. The minimum Gasteiger partial charge on any atom is -0.270 e. The molecule has 0 saturated heterocycles. The first kappa shape index (κ1) is 19.9. The molecule has 0 aliphatic heterocycles. The summed E-state index contributed by atoms with van der Waals surface area (Å²) in [5.41, 5.74) is 4.96. The molecular formula is C24H21N5S. The highest BCUT2D eigenvalue weighted by atomic mass is 32.2. The largest absolute Gasteiger partial charge is 0.270 e. The van der Waals surface area contributed by atoms with E-state index < -0.39 is 0 Å². The van der Waals surface area contributed by atoms with Gasteiger partial charge in [-0.25, -0.2) is 0 Å². The van der Waals surface area contributed by atoms with Crippen LogP contribution in [0.4, 0.5) is 0 Å². The summed E-state index contributed by atoms with van der Waals surface area (Å²) in [7, 11) is 0. The van der Waals surface area contributed by atoms with Gasteiger partial charge in [-0.15, -0.1) is 10.2 Å². The van der Waals surface area contributed by atoms with Gasteiger partial charge in [-0.1, -0.05) is 55.9 Å². The molecule has 0 atom stereocenters. The van der Waals surface area contributed by atoms with Crippen molar-refractivity contribution < 1.29 is 0 Å². The third-order valence-electron chi connectivity index (χ3n) is 4.78. The maximum absolute atomic E-state index is 9.16. The Morgan fingerprint density at radius 2 is 1.90 bits per heavy atom. The number of pyridine rings is 1. The Kier molecular flexibility index (Phi) is 5.92. The van der Waals surface area contributed by atoms with Gasteiger partial charge in [-0.05, 0) is 47.4 Å². The second kappa shape index (κ2) is 8.93. The van der Waals surface area contributed by atoms with Gasteiger partial charge in [-0.2, -0.15) is 5.26 Å². The summed E-state index contributed by atoms with van der Waals surface area (Å²) in [6.45, 7) is 4.38. The predicted molar refractivity (Wildman–Crippen MR) is 119 cm³/mol. The van der Waals surface area contributed by atoms with Crippen LogP contribution in [0.3, 0.4) is 0 Å². The van der Waals surface area contributed by atoms with Crippen molar-refractivity contribution in [3.05, 3.63) is 89.7 Å². The highest BCUT2D eigenvalue weighted by Crippen LogP contribution is 2.33. The number of nitriles is 1. The Balaban J connectivity index is 1.78. The molecule has 2 aromatic carbocycles. The van der Waals surface area contributed by atoms with E-state index in [4.69, 9.17) is 5.26 Å². The average Bonchev–Trinajstić information content (AvgIpc) is 3.22. The van der Waals surface area contributed by atoms with Crippen LogP contribution in [-0.4, -0.2) is 19.7 Å². The fourth-order valence-corrected chi connectivity index (χ4v) is 4.21. The lowest BCUT2D eigenvalue weighted by Gasteiger charge is -2.17. The maximum atomic E-state index is 9.16. The Morgan fingerprint density at radius 1 is 1.03 bits per heavy atom. The van der Waals surface area contributed by atoms with Gasteiger partial charge in [0, 0.05) is 23.7 Å². The van der Waals surface area contributed by atoms with Gasteiger partial charge < -0.3 is 0 Å². The Bertz CT molecular complexity index is 1190. The molecule has 0 aliphatic carbocycles. The molecule has 0 fully saturated rings. The SMILES string of the molecule is CC(C)c1ccccc1-n1c(SCc2cccc(C#N)c2)nnc1-c1cccnc1. The Hall–Kier alpha value is -3.43. The molecule has 6 heteroatoms. The van der Waals surface area contributed by atoms with Crippen LogP contribution in [0.2, 0.25) is 0 Å². The summed E-state index contributed by atoms with van der Waals surface area (Å²) >= 11 is 1.61. The third kappa shape index (κ3) is 4.12. The molecule has 0 saturated carbocycles. The van der Waals surface area contributed by atoms with Gasteiger partial charge in [0.2, 0.25) is 0 Å². The number of hydrogen-bond donors (Lipinski definition) is 0. The molecule has 0 spiro atoms. The summed E-state index contributed by atoms with van der Waals surface area (Å²) in [6, 6.07) is 22.1. The van der Waals surface area contributed by atoms with E-state index in [1.165, 1.54) is 5.56 Å². The number of nitrogens with zero attached hydrogens (tertiary/aromatic N) is 5. The van der Waals surface area contributed by atoms with Crippen molar-refractivity contribution in [3.63, 3.8) is 0 Å². The monoisotopic (exact) mass is 411 g/mol. The second-order valence-electron chi connectivity index (χ2n) is 7.20. The highest BCUT2D eigenvalue weighted by Gasteiger charge is 2.19. The fraction of sp³-hybridized carbons (Fsp3) is 0.167. The van der Waals surface area contributed by atoms with Crippen LogP contribution in [0.5, 0.6) is 0 Å². The van der Waals surface area contributed by atoms with Crippen molar-refractivity contribution in [1.82, 2.24) is 19.7 Å². The van der Waals surface area contributed by atoms with Crippen LogP contribution in [-0.2, 0) is 5.75 Å². The van der Waals surface area contributed by atoms with Crippen molar-refractivity contribution in [2.75, 3.05) is 0 Å². The van der Waals surface area contributed by atoms with Gasteiger partial charge in [-0.3, -0.25) is 9.55 Å². The zero-order valence-electron chi connectivity index (χ0n) is 16.9. The first-order valence-corrected chi connectivity index (χ1v) is 10.7. The van der Waals surface area contributed by atoms with Crippen molar-refractivity contribution in [2.24, 2.45) is 0 Å². The van der Waals surface area contributed by atoms with Crippen molar-refractivity contribution in [1.29, 1.82) is 5.26 Å². The third-order valence-corrected chi connectivity index (χ3v) is 5.78. The van der Waals surface area contributed by atoms with E-state index in [2.05, 4.69) is 57.9 Å². The quantitative estimate of drug-likeness (QED) is 0.385. The van der Waals surface area contributed by atoms with Crippen LogP contribution in [0, 0.1) is 11.3 Å². The molecule has 0 N–H and O–H groups in total. The van der Waals surface area contributed by atoms with E-state index in [1.54, 1.807) is 18.0 Å². The summed E-state index contributed by atoms with van der Waals surface area (Å²) in [6.07, 6.45) is 3.56. The molecule has 4 rings (SSSR count). The normalized spacial score (nSPS) is 10.9.